The van der Waals surface area contributed by atoms with Gasteiger partial charge in [-0.3, -0.25) is 9.63 Å². The molecule has 1 atom stereocenters. The van der Waals surface area contributed by atoms with Crippen LogP contribution in [-0.2, 0) is 16.2 Å². The average Bonchev–Trinajstić information content (AvgIpc) is 2.69. The number of hydrogen-bond acceptors (Lipinski definition) is 3. The van der Waals surface area contributed by atoms with Crippen LogP contribution >= 0.6 is 0 Å². The zero-order chi connectivity index (χ0) is 18.2. The highest BCUT2D eigenvalue weighted by Crippen LogP contribution is 2.18. The molecule has 136 valence electrons. The van der Waals surface area contributed by atoms with Crippen LogP contribution in [0.4, 0.5) is 10.5 Å². The number of nitrogens with zero attached hydrogens (tertiary/aromatic N) is 1. The third-order valence-electron chi connectivity index (χ3n) is 4.36. The lowest BCUT2D eigenvalue weighted by Crippen LogP contribution is -2.46. The maximum atomic E-state index is 12.4. The lowest BCUT2D eigenvalue weighted by molar-refractivity contribution is -0.140. The van der Waals surface area contributed by atoms with Gasteiger partial charge in [-0.15, -0.1) is 0 Å². The molecule has 6 heteroatoms. The minimum absolute atomic E-state index is 0.182. The molecule has 0 aliphatic carbocycles. The lowest BCUT2D eigenvalue weighted by Gasteiger charge is -2.31. The third-order valence-corrected chi connectivity index (χ3v) is 4.36. The van der Waals surface area contributed by atoms with Crippen molar-refractivity contribution in [2.45, 2.75) is 19.4 Å². The molecule has 0 saturated carbocycles. The fourth-order valence-corrected chi connectivity index (χ4v) is 2.95. The van der Waals surface area contributed by atoms with E-state index in [-0.39, 0.29) is 17.9 Å². The number of hydroxylamine groups is 1. The van der Waals surface area contributed by atoms with Gasteiger partial charge in [0.25, 0.3) is 0 Å². The molecule has 0 radical (unpaired) electrons. The van der Waals surface area contributed by atoms with Crippen molar-refractivity contribution in [3.63, 3.8) is 0 Å². The van der Waals surface area contributed by atoms with E-state index >= 15 is 0 Å². The van der Waals surface area contributed by atoms with E-state index in [1.165, 1.54) is 0 Å². The van der Waals surface area contributed by atoms with Crippen LogP contribution in [0.1, 0.15) is 18.4 Å². The Morgan fingerprint density at radius 1 is 1.04 bits per heavy atom. The Labute approximate surface area is 153 Å². The summed E-state index contributed by atoms with van der Waals surface area (Å²) in [5.41, 5.74) is 4.24. The van der Waals surface area contributed by atoms with E-state index in [9.17, 15) is 9.59 Å². The van der Waals surface area contributed by atoms with Crippen LogP contribution in [0.25, 0.3) is 0 Å². The van der Waals surface area contributed by atoms with Crippen molar-refractivity contribution in [1.29, 1.82) is 0 Å². The predicted molar refractivity (Wildman–Crippen MR) is 99.1 cm³/mol. The van der Waals surface area contributed by atoms with E-state index in [0.717, 1.165) is 24.1 Å². The van der Waals surface area contributed by atoms with Gasteiger partial charge < -0.3 is 10.2 Å². The molecule has 0 aromatic heterocycles. The van der Waals surface area contributed by atoms with Crippen molar-refractivity contribution < 1.29 is 14.4 Å². The van der Waals surface area contributed by atoms with Gasteiger partial charge >= 0.3 is 6.03 Å². The first-order valence-electron chi connectivity index (χ1n) is 8.79. The summed E-state index contributed by atoms with van der Waals surface area (Å²) in [4.78, 5) is 31.7. The van der Waals surface area contributed by atoms with Crippen molar-refractivity contribution in [2.24, 2.45) is 5.92 Å². The second-order valence-corrected chi connectivity index (χ2v) is 6.32. The van der Waals surface area contributed by atoms with Gasteiger partial charge in [-0.2, -0.15) is 0 Å². The third kappa shape index (κ3) is 5.07. The Hall–Kier alpha value is -2.86. The number of amides is 3. The highest BCUT2D eigenvalue weighted by atomic mass is 16.6. The fourth-order valence-electron chi connectivity index (χ4n) is 2.95. The predicted octanol–water partition coefficient (Wildman–Crippen LogP) is 3.18. The number of urea groups is 1. The van der Waals surface area contributed by atoms with E-state index in [1.54, 1.807) is 4.90 Å². The molecule has 0 bridgehead atoms. The van der Waals surface area contributed by atoms with Crippen LogP contribution in [0.2, 0.25) is 0 Å². The largest absolute Gasteiger partial charge is 0.324 e. The Bertz CT molecular complexity index is 722. The van der Waals surface area contributed by atoms with E-state index < -0.39 is 0 Å². The van der Waals surface area contributed by atoms with E-state index in [4.69, 9.17) is 4.84 Å². The molecule has 2 aromatic carbocycles. The summed E-state index contributed by atoms with van der Waals surface area (Å²) >= 11 is 0. The summed E-state index contributed by atoms with van der Waals surface area (Å²) in [6.45, 7) is 1.35. The SMILES string of the molecule is O=C(NOCc1ccccc1)[C@H]1CCCN(C(=O)Nc2ccccc2)C1. The first kappa shape index (κ1) is 17.9. The van der Waals surface area contributed by atoms with Gasteiger partial charge in [0.05, 0.1) is 12.5 Å². The second-order valence-electron chi connectivity index (χ2n) is 6.32. The number of benzene rings is 2. The summed E-state index contributed by atoms with van der Waals surface area (Å²) in [7, 11) is 0. The summed E-state index contributed by atoms with van der Waals surface area (Å²) in [5.74, 6) is -0.445. The van der Waals surface area contributed by atoms with E-state index in [2.05, 4.69) is 10.8 Å². The molecule has 2 aromatic rings. The number of carbonyl (C=O) groups is 2. The zero-order valence-corrected chi connectivity index (χ0v) is 14.6. The minimum Gasteiger partial charge on any atom is -0.324 e. The molecule has 1 fully saturated rings. The first-order chi connectivity index (χ1) is 12.7. The number of likely N-dealkylation sites (tertiary alicyclic amines) is 1. The van der Waals surface area contributed by atoms with Crippen LogP contribution in [0.5, 0.6) is 0 Å². The molecule has 26 heavy (non-hydrogen) atoms. The van der Waals surface area contributed by atoms with Crippen molar-refractivity contribution in [3.8, 4) is 0 Å². The quantitative estimate of drug-likeness (QED) is 0.811. The summed E-state index contributed by atoms with van der Waals surface area (Å²) < 4.78 is 0. The minimum atomic E-state index is -0.263. The van der Waals surface area contributed by atoms with Crippen molar-refractivity contribution in [2.75, 3.05) is 18.4 Å². The Morgan fingerprint density at radius 2 is 1.73 bits per heavy atom. The molecule has 3 amide bonds. The normalized spacial score (nSPS) is 16.8. The summed E-state index contributed by atoms with van der Waals surface area (Å²) in [5, 5.41) is 2.86. The smallest absolute Gasteiger partial charge is 0.321 e. The van der Waals surface area contributed by atoms with E-state index in [1.807, 2.05) is 60.7 Å². The molecule has 3 rings (SSSR count). The molecular weight excluding hydrogens is 330 g/mol. The number of anilines is 1. The molecule has 1 heterocycles. The van der Waals surface area contributed by atoms with Crippen LogP contribution < -0.4 is 10.8 Å². The van der Waals surface area contributed by atoms with Gasteiger partial charge in [0.1, 0.15) is 0 Å². The standard InChI is InChI=1S/C20H23N3O3/c24-19(22-26-15-16-8-3-1-4-9-16)17-10-7-13-23(14-17)20(25)21-18-11-5-2-6-12-18/h1-6,8-9,11-12,17H,7,10,13-15H2,(H,21,25)(H,22,24)/t17-/m0/s1. The maximum Gasteiger partial charge on any atom is 0.321 e. The lowest BCUT2D eigenvalue weighted by atomic mass is 9.98. The number of carbonyl (C=O) groups excluding carboxylic acids is 2. The Balaban J connectivity index is 1.46. The molecule has 0 spiro atoms. The van der Waals surface area contributed by atoms with Crippen molar-refractivity contribution >= 4 is 17.6 Å². The molecule has 1 saturated heterocycles. The van der Waals surface area contributed by atoms with E-state index in [0.29, 0.717) is 19.7 Å². The molecule has 0 unspecified atom stereocenters. The molecule has 1 aliphatic rings. The van der Waals surface area contributed by atoms with Crippen molar-refractivity contribution in [3.05, 3.63) is 66.2 Å². The molecule has 6 nitrogen and oxygen atoms in total. The number of hydrogen-bond donors (Lipinski definition) is 2. The van der Waals surface area contributed by atoms with Crippen LogP contribution in [0, 0.1) is 5.92 Å². The number of rotatable bonds is 5. The topological polar surface area (TPSA) is 70.7 Å². The van der Waals surface area contributed by atoms with Gasteiger partial charge in [0.15, 0.2) is 0 Å². The van der Waals surface area contributed by atoms with Gasteiger partial charge in [0.2, 0.25) is 5.91 Å². The number of para-hydroxylation sites is 1. The summed E-state index contributed by atoms with van der Waals surface area (Å²) in [6, 6.07) is 18.8. The van der Waals surface area contributed by atoms with Gasteiger partial charge in [-0.05, 0) is 30.5 Å². The van der Waals surface area contributed by atoms with Crippen LogP contribution in [-0.4, -0.2) is 29.9 Å². The van der Waals surface area contributed by atoms with Gasteiger partial charge in [0, 0.05) is 18.8 Å². The Kier molecular flexibility index (Phi) is 6.22. The Morgan fingerprint density at radius 3 is 2.46 bits per heavy atom. The van der Waals surface area contributed by atoms with Crippen LogP contribution in [0.3, 0.4) is 0 Å². The average molecular weight is 353 g/mol. The summed E-state index contributed by atoms with van der Waals surface area (Å²) in [6.07, 6.45) is 1.54. The first-order valence-corrected chi connectivity index (χ1v) is 8.79. The monoisotopic (exact) mass is 353 g/mol. The second kappa shape index (κ2) is 9.01. The van der Waals surface area contributed by atoms with Crippen molar-refractivity contribution in [1.82, 2.24) is 10.4 Å². The van der Waals surface area contributed by atoms with Gasteiger partial charge in [-0.25, -0.2) is 10.3 Å². The zero-order valence-electron chi connectivity index (χ0n) is 14.6. The molecule has 1 aliphatic heterocycles. The highest BCUT2D eigenvalue weighted by Gasteiger charge is 2.28. The van der Waals surface area contributed by atoms with Crippen LogP contribution in [0.15, 0.2) is 60.7 Å². The van der Waals surface area contributed by atoms with Gasteiger partial charge in [-0.1, -0.05) is 48.5 Å². The fraction of sp³-hybridized carbons (Fsp3) is 0.300. The number of nitrogens with one attached hydrogen (secondary N) is 2. The highest BCUT2D eigenvalue weighted by molar-refractivity contribution is 5.90. The number of piperidine rings is 1. The molecule has 2 N–H and O–H groups in total. The molecular formula is C20H23N3O3. The maximum absolute atomic E-state index is 12.4.